The van der Waals surface area contributed by atoms with E-state index in [0.29, 0.717) is 0 Å². The molecule has 1 unspecified atom stereocenters. The summed E-state index contributed by atoms with van der Waals surface area (Å²) in [5.74, 6) is 0.982. The molecule has 0 fully saturated rings. The van der Waals surface area contributed by atoms with Gasteiger partial charge in [-0.25, -0.2) is 0 Å². The van der Waals surface area contributed by atoms with E-state index < -0.39 is 0 Å². The highest BCUT2D eigenvalue weighted by Gasteiger charge is 2.27. The van der Waals surface area contributed by atoms with E-state index in [1.165, 1.54) is 0 Å². The molecule has 0 radical (unpaired) electrons. The van der Waals surface area contributed by atoms with E-state index in [1.807, 2.05) is 31.2 Å². The average molecular weight is 220 g/mol. The van der Waals surface area contributed by atoms with Crippen LogP contribution in [0.1, 0.15) is 38.1 Å². The van der Waals surface area contributed by atoms with Gasteiger partial charge in [-0.05, 0) is 29.7 Å². The molecule has 0 aliphatic heterocycles. The van der Waals surface area contributed by atoms with Crippen LogP contribution in [0.4, 0.5) is 0 Å². The second kappa shape index (κ2) is 4.69. The number of carbonyl (C=O) groups excluding carboxylic acids is 1. The number of hydrogen-bond acceptors (Lipinski definition) is 2. The SMILES string of the molecule is COc1ccc(C(=O)C(C)C(C)(C)C)cc1. The van der Waals surface area contributed by atoms with Crippen molar-refractivity contribution in [2.75, 3.05) is 7.11 Å². The largest absolute Gasteiger partial charge is 0.497 e. The highest BCUT2D eigenvalue weighted by atomic mass is 16.5. The number of Topliss-reactive ketones (excluding diaryl/α,β-unsaturated/α-hetero) is 1. The number of hydrogen-bond donors (Lipinski definition) is 0. The third-order valence-corrected chi connectivity index (χ3v) is 3.07. The first-order valence-electron chi connectivity index (χ1n) is 5.54. The summed E-state index contributed by atoms with van der Waals surface area (Å²) in [6.07, 6.45) is 0. The van der Waals surface area contributed by atoms with E-state index >= 15 is 0 Å². The van der Waals surface area contributed by atoms with Crippen molar-refractivity contribution >= 4 is 5.78 Å². The van der Waals surface area contributed by atoms with Crippen LogP contribution in [0.25, 0.3) is 0 Å². The molecule has 0 spiro atoms. The molecule has 0 heterocycles. The summed E-state index contributed by atoms with van der Waals surface area (Å²) >= 11 is 0. The van der Waals surface area contributed by atoms with Crippen molar-refractivity contribution in [2.45, 2.75) is 27.7 Å². The molecule has 0 amide bonds. The van der Waals surface area contributed by atoms with Crippen molar-refractivity contribution in [1.82, 2.24) is 0 Å². The molecule has 0 aliphatic rings. The topological polar surface area (TPSA) is 26.3 Å². The zero-order valence-electron chi connectivity index (χ0n) is 10.7. The fourth-order valence-corrected chi connectivity index (χ4v) is 1.40. The molecule has 1 aromatic rings. The Kier molecular flexibility index (Phi) is 3.74. The van der Waals surface area contributed by atoms with Crippen LogP contribution in [0.2, 0.25) is 0 Å². The molecule has 88 valence electrons. The fourth-order valence-electron chi connectivity index (χ4n) is 1.40. The Labute approximate surface area is 97.6 Å². The third-order valence-electron chi connectivity index (χ3n) is 3.07. The molecular weight excluding hydrogens is 200 g/mol. The lowest BCUT2D eigenvalue weighted by molar-refractivity contribution is 0.0839. The first kappa shape index (κ1) is 12.8. The number of ketones is 1. The zero-order valence-corrected chi connectivity index (χ0v) is 10.7. The van der Waals surface area contributed by atoms with Crippen LogP contribution < -0.4 is 4.74 Å². The van der Waals surface area contributed by atoms with Crippen molar-refractivity contribution < 1.29 is 9.53 Å². The van der Waals surface area contributed by atoms with Crippen molar-refractivity contribution in [3.05, 3.63) is 29.8 Å². The van der Waals surface area contributed by atoms with Gasteiger partial charge in [0, 0.05) is 11.5 Å². The van der Waals surface area contributed by atoms with Crippen LogP contribution in [0.15, 0.2) is 24.3 Å². The van der Waals surface area contributed by atoms with Gasteiger partial charge in [-0.1, -0.05) is 27.7 Å². The first-order chi connectivity index (χ1) is 7.36. The minimum Gasteiger partial charge on any atom is -0.497 e. The Morgan fingerprint density at radius 1 is 1.19 bits per heavy atom. The Balaban J connectivity index is 2.88. The number of methoxy groups -OCH3 is 1. The summed E-state index contributed by atoms with van der Waals surface area (Å²) in [6.45, 7) is 8.23. The van der Waals surface area contributed by atoms with Crippen LogP contribution >= 0.6 is 0 Å². The molecule has 1 atom stereocenters. The summed E-state index contributed by atoms with van der Waals surface area (Å²) in [5.41, 5.74) is 0.750. The predicted octanol–water partition coefficient (Wildman–Crippen LogP) is 3.56. The number of benzene rings is 1. The van der Waals surface area contributed by atoms with Crippen LogP contribution in [0.5, 0.6) is 5.75 Å². The molecule has 0 bridgehead atoms. The maximum atomic E-state index is 12.2. The molecule has 0 saturated heterocycles. The Morgan fingerprint density at radius 3 is 2.06 bits per heavy atom. The molecule has 2 heteroatoms. The van der Waals surface area contributed by atoms with Gasteiger partial charge in [0.05, 0.1) is 7.11 Å². The highest BCUT2D eigenvalue weighted by molar-refractivity contribution is 5.98. The van der Waals surface area contributed by atoms with Crippen LogP contribution in [0, 0.1) is 11.3 Å². The minimum absolute atomic E-state index is 0.00297. The zero-order chi connectivity index (χ0) is 12.3. The maximum Gasteiger partial charge on any atom is 0.166 e. The summed E-state index contributed by atoms with van der Waals surface area (Å²) in [5, 5.41) is 0. The van der Waals surface area contributed by atoms with Crippen molar-refractivity contribution in [2.24, 2.45) is 11.3 Å². The summed E-state index contributed by atoms with van der Waals surface area (Å²) in [4.78, 5) is 12.2. The van der Waals surface area contributed by atoms with Gasteiger partial charge in [-0.15, -0.1) is 0 Å². The molecule has 0 aliphatic carbocycles. The van der Waals surface area contributed by atoms with E-state index in [4.69, 9.17) is 4.74 Å². The van der Waals surface area contributed by atoms with Gasteiger partial charge in [0.25, 0.3) is 0 Å². The summed E-state index contributed by atoms with van der Waals surface area (Å²) < 4.78 is 5.07. The Hall–Kier alpha value is -1.31. The van der Waals surface area contributed by atoms with Crippen LogP contribution in [-0.4, -0.2) is 12.9 Å². The van der Waals surface area contributed by atoms with Gasteiger partial charge in [-0.2, -0.15) is 0 Å². The van der Waals surface area contributed by atoms with E-state index in [-0.39, 0.29) is 17.1 Å². The molecular formula is C14H20O2. The minimum atomic E-state index is -0.00297. The van der Waals surface area contributed by atoms with Crippen LogP contribution in [0.3, 0.4) is 0 Å². The normalized spacial score (nSPS) is 13.3. The fraction of sp³-hybridized carbons (Fsp3) is 0.500. The number of rotatable bonds is 3. The molecule has 16 heavy (non-hydrogen) atoms. The van der Waals surface area contributed by atoms with Crippen molar-refractivity contribution in [3.8, 4) is 5.75 Å². The lowest BCUT2D eigenvalue weighted by atomic mass is 9.78. The van der Waals surface area contributed by atoms with E-state index in [1.54, 1.807) is 7.11 Å². The Bertz CT molecular complexity index is 357. The molecule has 1 rings (SSSR count). The lowest BCUT2D eigenvalue weighted by Gasteiger charge is -2.25. The van der Waals surface area contributed by atoms with Gasteiger partial charge in [0.15, 0.2) is 5.78 Å². The standard InChI is InChI=1S/C14H20O2/c1-10(14(2,3)4)13(15)11-6-8-12(16-5)9-7-11/h6-10H,1-5H3. The second-order valence-corrected chi connectivity index (χ2v) is 5.18. The lowest BCUT2D eigenvalue weighted by Crippen LogP contribution is -2.25. The molecule has 0 N–H and O–H groups in total. The van der Waals surface area contributed by atoms with Crippen molar-refractivity contribution in [3.63, 3.8) is 0 Å². The van der Waals surface area contributed by atoms with Crippen LogP contribution in [-0.2, 0) is 0 Å². The smallest absolute Gasteiger partial charge is 0.166 e. The number of carbonyl (C=O) groups is 1. The van der Waals surface area contributed by atoms with Gasteiger partial charge >= 0.3 is 0 Å². The van der Waals surface area contributed by atoms with E-state index in [2.05, 4.69) is 20.8 Å². The molecule has 0 aromatic heterocycles. The van der Waals surface area contributed by atoms with Gasteiger partial charge < -0.3 is 4.74 Å². The maximum absolute atomic E-state index is 12.2. The average Bonchev–Trinajstić information content (AvgIpc) is 2.26. The second-order valence-electron chi connectivity index (χ2n) is 5.18. The summed E-state index contributed by atoms with van der Waals surface area (Å²) in [6, 6.07) is 7.29. The highest BCUT2D eigenvalue weighted by Crippen LogP contribution is 2.28. The molecule has 0 saturated carbocycles. The Morgan fingerprint density at radius 2 is 1.69 bits per heavy atom. The van der Waals surface area contributed by atoms with E-state index in [9.17, 15) is 4.79 Å². The third kappa shape index (κ3) is 2.84. The van der Waals surface area contributed by atoms with E-state index in [0.717, 1.165) is 11.3 Å². The van der Waals surface area contributed by atoms with Crippen molar-refractivity contribution in [1.29, 1.82) is 0 Å². The molecule has 1 aromatic carbocycles. The molecule has 2 nitrogen and oxygen atoms in total. The quantitative estimate of drug-likeness (QED) is 0.728. The van der Waals surface area contributed by atoms with Gasteiger partial charge in [-0.3, -0.25) is 4.79 Å². The van der Waals surface area contributed by atoms with Gasteiger partial charge in [0.2, 0.25) is 0 Å². The first-order valence-corrected chi connectivity index (χ1v) is 5.54. The predicted molar refractivity (Wildman–Crippen MR) is 65.9 cm³/mol. The summed E-state index contributed by atoms with van der Waals surface area (Å²) in [7, 11) is 1.62. The monoisotopic (exact) mass is 220 g/mol. The van der Waals surface area contributed by atoms with Gasteiger partial charge in [0.1, 0.15) is 5.75 Å². The number of ether oxygens (including phenoxy) is 1.